The van der Waals surface area contributed by atoms with E-state index in [-0.39, 0.29) is 12.3 Å². The fraction of sp³-hybridized carbons (Fsp3) is 0.0667. The van der Waals surface area contributed by atoms with Gasteiger partial charge in [0.05, 0.1) is 14.7 Å². The van der Waals surface area contributed by atoms with Crippen molar-refractivity contribution in [1.82, 2.24) is 5.43 Å². The lowest BCUT2D eigenvalue weighted by Gasteiger charge is -2.07. The number of nitro groups is 1. The van der Waals surface area contributed by atoms with Gasteiger partial charge in [-0.2, -0.15) is 5.10 Å². The Labute approximate surface area is 155 Å². The maximum Gasteiger partial charge on any atom is 0.277 e. The molecule has 0 aliphatic heterocycles. The van der Waals surface area contributed by atoms with Crippen LogP contribution in [-0.4, -0.2) is 23.7 Å². The summed E-state index contributed by atoms with van der Waals surface area (Å²) in [5.41, 5.74) is 2.74. The highest BCUT2D eigenvalue weighted by molar-refractivity contribution is 14.1. The van der Waals surface area contributed by atoms with E-state index >= 15 is 0 Å². The summed E-state index contributed by atoms with van der Waals surface area (Å²) < 4.78 is 6.15. The molecule has 0 atom stereocenters. The fourth-order valence-corrected chi connectivity index (χ4v) is 2.69. The Kier molecular flexibility index (Phi) is 6.50. The summed E-state index contributed by atoms with van der Waals surface area (Å²) in [7, 11) is 0. The first kappa shape index (κ1) is 18.1. The van der Waals surface area contributed by atoms with E-state index in [9.17, 15) is 14.9 Å². The number of halogens is 2. The molecule has 0 bridgehead atoms. The first-order chi connectivity index (χ1) is 11.5. The Morgan fingerprint density at radius 1 is 1.38 bits per heavy atom. The lowest BCUT2D eigenvalue weighted by Crippen LogP contribution is -2.24. The maximum atomic E-state index is 11.7. The predicted octanol–water partition coefficient (Wildman–Crippen LogP) is 3.38. The summed E-state index contributed by atoms with van der Waals surface area (Å²) >= 11 is 7.89. The van der Waals surface area contributed by atoms with E-state index in [4.69, 9.17) is 16.3 Å². The highest BCUT2D eigenvalue weighted by Crippen LogP contribution is 2.24. The molecule has 7 nitrogen and oxygen atoms in total. The summed E-state index contributed by atoms with van der Waals surface area (Å²) in [6, 6.07) is 10.9. The molecular formula is C15H11ClIN3O4. The number of rotatable bonds is 6. The molecule has 2 aromatic rings. The molecular weight excluding hydrogens is 449 g/mol. The van der Waals surface area contributed by atoms with Crippen LogP contribution in [-0.2, 0) is 4.79 Å². The zero-order chi connectivity index (χ0) is 17.5. The molecule has 9 heteroatoms. The van der Waals surface area contributed by atoms with Gasteiger partial charge in [0.2, 0.25) is 0 Å². The molecule has 0 spiro atoms. The summed E-state index contributed by atoms with van der Waals surface area (Å²) in [5, 5.41) is 15.0. The van der Waals surface area contributed by atoms with Gasteiger partial charge in [0.1, 0.15) is 5.75 Å². The molecule has 0 aromatic heterocycles. The van der Waals surface area contributed by atoms with Gasteiger partial charge in [0, 0.05) is 22.7 Å². The average Bonchev–Trinajstić information content (AvgIpc) is 2.54. The van der Waals surface area contributed by atoms with Crippen LogP contribution in [0, 0.1) is 13.7 Å². The molecule has 0 aliphatic carbocycles. The number of nitrogens with zero attached hydrogens (tertiary/aromatic N) is 2. The van der Waals surface area contributed by atoms with Crippen molar-refractivity contribution in [3.05, 3.63) is 66.7 Å². The predicted molar refractivity (Wildman–Crippen MR) is 98.5 cm³/mol. The van der Waals surface area contributed by atoms with Gasteiger partial charge in [-0.3, -0.25) is 14.9 Å². The molecule has 2 rings (SSSR count). The Hall–Kier alpha value is -2.20. The second-order valence-corrected chi connectivity index (χ2v) is 6.11. The Balaban J connectivity index is 1.86. The van der Waals surface area contributed by atoms with Crippen LogP contribution in [0.4, 0.5) is 5.69 Å². The van der Waals surface area contributed by atoms with Gasteiger partial charge in [0.25, 0.3) is 11.6 Å². The smallest absolute Gasteiger partial charge is 0.277 e. The van der Waals surface area contributed by atoms with Crippen LogP contribution in [0.15, 0.2) is 47.6 Å². The minimum Gasteiger partial charge on any atom is -0.483 e. The number of nitrogens with one attached hydrogen (secondary N) is 1. The zero-order valence-electron chi connectivity index (χ0n) is 12.1. The van der Waals surface area contributed by atoms with Gasteiger partial charge in [-0.05, 0) is 40.8 Å². The molecule has 0 saturated heterocycles. The van der Waals surface area contributed by atoms with Crippen LogP contribution >= 0.6 is 34.2 Å². The summed E-state index contributed by atoms with van der Waals surface area (Å²) in [4.78, 5) is 21.8. The van der Waals surface area contributed by atoms with Crippen molar-refractivity contribution < 1.29 is 14.5 Å². The fourth-order valence-electron chi connectivity index (χ4n) is 1.67. The topological polar surface area (TPSA) is 93.8 Å². The normalized spacial score (nSPS) is 10.6. The van der Waals surface area contributed by atoms with Crippen molar-refractivity contribution in [3.8, 4) is 5.75 Å². The van der Waals surface area contributed by atoms with Crippen LogP contribution in [0.3, 0.4) is 0 Å². The third-order valence-electron chi connectivity index (χ3n) is 2.74. The quantitative estimate of drug-likeness (QED) is 0.310. The van der Waals surface area contributed by atoms with E-state index < -0.39 is 10.8 Å². The highest BCUT2D eigenvalue weighted by atomic mass is 127. The van der Waals surface area contributed by atoms with Crippen LogP contribution in [0.2, 0.25) is 5.02 Å². The number of hydrogen-bond acceptors (Lipinski definition) is 5. The number of amides is 1. The van der Waals surface area contributed by atoms with Crippen molar-refractivity contribution in [2.75, 3.05) is 6.61 Å². The van der Waals surface area contributed by atoms with E-state index in [1.165, 1.54) is 24.4 Å². The number of carbonyl (C=O) groups is 1. The van der Waals surface area contributed by atoms with Crippen molar-refractivity contribution >= 4 is 52.0 Å². The number of benzene rings is 2. The van der Waals surface area contributed by atoms with E-state index in [0.29, 0.717) is 16.3 Å². The van der Waals surface area contributed by atoms with Gasteiger partial charge < -0.3 is 4.74 Å². The highest BCUT2D eigenvalue weighted by Gasteiger charge is 2.06. The third kappa shape index (κ3) is 5.46. The molecule has 24 heavy (non-hydrogen) atoms. The molecule has 124 valence electrons. The van der Waals surface area contributed by atoms with Gasteiger partial charge in [-0.15, -0.1) is 0 Å². The van der Waals surface area contributed by atoms with Crippen molar-refractivity contribution in [3.63, 3.8) is 0 Å². The average molecular weight is 460 g/mol. The van der Waals surface area contributed by atoms with Crippen molar-refractivity contribution in [1.29, 1.82) is 0 Å². The van der Waals surface area contributed by atoms with Gasteiger partial charge in [-0.25, -0.2) is 5.43 Å². The second-order valence-electron chi connectivity index (χ2n) is 4.51. The van der Waals surface area contributed by atoms with E-state index in [0.717, 1.165) is 3.57 Å². The van der Waals surface area contributed by atoms with Gasteiger partial charge >= 0.3 is 0 Å². The SMILES string of the molecule is O=C(COc1ccc(Cl)cc1I)N/N=C/c1cccc([N+](=O)[O-])c1. The third-order valence-corrected chi connectivity index (χ3v) is 3.81. The standard InChI is InChI=1S/C15H11ClIN3O4/c16-11-4-5-14(13(17)7-11)24-9-15(21)19-18-8-10-2-1-3-12(6-10)20(22)23/h1-8H,9H2,(H,19,21)/b18-8+. The van der Waals surface area contributed by atoms with Crippen LogP contribution in [0.1, 0.15) is 5.56 Å². The van der Waals surface area contributed by atoms with Crippen molar-refractivity contribution in [2.24, 2.45) is 5.10 Å². The van der Waals surface area contributed by atoms with Crippen LogP contribution in [0.5, 0.6) is 5.75 Å². The minimum absolute atomic E-state index is 0.0501. The monoisotopic (exact) mass is 459 g/mol. The molecule has 0 radical (unpaired) electrons. The van der Waals surface area contributed by atoms with Gasteiger partial charge in [-0.1, -0.05) is 23.7 Å². The molecule has 1 N–H and O–H groups in total. The van der Waals surface area contributed by atoms with Crippen LogP contribution < -0.4 is 10.2 Å². The Bertz CT molecular complexity index is 798. The van der Waals surface area contributed by atoms with E-state index in [1.807, 2.05) is 0 Å². The zero-order valence-corrected chi connectivity index (χ0v) is 15.0. The van der Waals surface area contributed by atoms with E-state index in [1.54, 1.807) is 24.3 Å². The molecule has 0 aliphatic rings. The number of non-ortho nitro benzene ring substituents is 1. The van der Waals surface area contributed by atoms with Crippen molar-refractivity contribution in [2.45, 2.75) is 0 Å². The summed E-state index contributed by atoms with van der Waals surface area (Å²) in [6.45, 7) is -0.218. The first-order valence-corrected chi connectivity index (χ1v) is 8.05. The maximum absolute atomic E-state index is 11.7. The molecule has 1 amide bonds. The summed E-state index contributed by atoms with van der Waals surface area (Å²) in [6.07, 6.45) is 1.32. The number of hydrazone groups is 1. The number of nitro benzene ring substituents is 1. The molecule has 0 fully saturated rings. The van der Waals surface area contributed by atoms with Crippen LogP contribution in [0.25, 0.3) is 0 Å². The minimum atomic E-state index is -0.502. The first-order valence-electron chi connectivity index (χ1n) is 6.60. The lowest BCUT2D eigenvalue weighted by atomic mass is 10.2. The number of hydrogen-bond donors (Lipinski definition) is 1. The second kappa shape index (κ2) is 8.60. The molecule has 0 unspecified atom stereocenters. The molecule has 0 heterocycles. The molecule has 2 aromatic carbocycles. The number of carbonyl (C=O) groups excluding carboxylic acids is 1. The molecule has 0 saturated carbocycles. The Morgan fingerprint density at radius 3 is 2.88 bits per heavy atom. The van der Waals surface area contributed by atoms with E-state index in [2.05, 4.69) is 33.1 Å². The lowest BCUT2D eigenvalue weighted by molar-refractivity contribution is -0.384. The largest absolute Gasteiger partial charge is 0.483 e. The van der Waals surface area contributed by atoms with Gasteiger partial charge in [0.15, 0.2) is 6.61 Å². The number of ether oxygens (including phenoxy) is 1. The Morgan fingerprint density at radius 2 is 2.17 bits per heavy atom. The summed E-state index contributed by atoms with van der Waals surface area (Å²) in [5.74, 6) is 0.0836.